The zero-order valence-electron chi connectivity index (χ0n) is 20.8. The third-order valence-corrected chi connectivity index (χ3v) is 6.93. The number of benzene rings is 3. The first-order chi connectivity index (χ1) is 18.1. The highest BCUT2D eigenvalue weighted by atomic mass is 32.2. The van der Waals surface area contributed by atoms with Gasteiger partial charge in [0.25, 0.3) is 15.7 Å². The predicted molar refractivity (Wildman–Crippen MR) is 144 cm³/mol. The van der Waals surface area contributed by atoms with E-state index in [-0.39, 0.29) is 35.0 Å². The summed E-state index contributed by atoms with van der Waals surface area (Å²) in [7, 11) is -4.47. The fraction of sp³-hybridized carbons (Fsp3) is 0.179. The number of rotatable bonds is 8. The molecule has 9 nitrogen and oxygen atoms in total. The first-order valence-electron chi connectivity index (χ1n) is 11.8. The molecule has 4 aromatic rings. The fourth-order valence-electron chi connectivity index (χ4n) is 4.36. The maximum absolute atomic E-state index is 12.9. The topological polar surface area (TPSA) is 142 Å². The molecule has 0 fully saturated rings. The van der Waals surface area contributed by atoms with E-state index >= 15 is 0 Å². The van der Waals surface area contributed by atoms with Crippen molar-refractivity contribution in [2.24, 2.45) is 10.2 Å². The molecule has 1 aromatic heterocycles. The highest BCUT2D eigenvalue weighted by Gasteiger charge is 2.22. The second-order valence-electron chi connectivity index (χ2n) is 8.78. The number of phenols is 1. The van der Waals surface area contributed by atoms with Crippen molar-refractivity contribution < 1.29 is 23.2 Å². The van der Waals surface area contributed by atoms with Gasteiger partial charge in [-0.05, 0) is 60.4 Å². The zero-order chi connectivity index (χ0) is 27.4. The first kappa shape index (κ1) is 26.8. The van der Waals surface area contributed by atoms with Gasteiger partial charge in [0.15, 0.2) is 11.6 Å². The number of aromatic nitrogens is 1. The van der Waals surface area contributed by atoms with Crippen molar-refractivity contribution in [1.82, 2.24) is 4.57 Å². The summed E-state index contributed by atoms with van der Waals surface area (Å²) in [5.74, 6) is -1.30. The SMILES string of the molecule is CCn1c(O)c(CS(=O)(=O)O)c(C)c(N=Nc2ccc(C(c3ccccc3)c3ccc(O)cc3)cc2)c1=O. The Morgan fingerprint density at radius 2 is 1.39 bits per heavy atom. The molecule has 3 N–H and O–H groups in total. The molecule has 0 amide bonds. The van der Waals surface area contributed by atoms with Crippen LogP contribution < -0.4 is 5.56 Å². The monoisotopic (exact) mass is 533 g/mol. The van der Waals surface area contributed by atoms with Gasteiger partial charge in [-0.3, -0.25) is 13.9 Å². The second kappa shape index (κ2) is 11.0. The quantitative estimate of drug-likeness (QED) is 0.154. The van der Waals surface area contributed by atoms with Gasteiger partial charge in [0, 0.05) is 18.0 Å². The summed E-state index contributed by atoms with van der Waals surface area (Å²) in [5, 5.41) is 28.4. The van der Waals surface area contributed by atoms with Crippen molar-refractivity contribution in [1.29, 1.82) is 0 Å². The molecule has 0 saturated heterocycles. The normalized spacial score (nSPS) is 12.6. The summed E-state index contributed by atoms with van der Waals surface area (Å²) < 4.78 is 33.2. The Labute approximate surface area is 220 Å². The van der Waals surface area contributed by atoms with Gasteiger partial charge < -0.3 is 10.2 Å². The maximum atomic E-state index is 12.9. The van der Waals surface area contributed by atoms with Crippen molar-refractivity contribution in [3.63, 3.8) is 0 Å². The molecule has 1 atom stereocenters. The van der Waals surface area contributed by atoms with Gasteiger partial charge in [-0.25, -0.2) is 0 Å². The van der Waals surface area contributed by atoms with E-state index in [4.69, 9.17) is 0 Å². The van der Waals surface area contributed by atoms with Gasteiger partial charge in [0.2, 0.25) is 0 Å². The van der Waals surface area contributed by atoms with E-state index in [1.165, 1.54) is 6.92 Å². The van der Waals surface area contributed by atoms with Crippen LogP contribution in [0.1, 0.15) is 40.7 Å². The molecule has 196 valence electrons. The van der Waals surface area contributed by atoms with Gasteiger partial charge >= 0.3 is 0 Å². The van der Waals surface area contributed by atoms with Crippen LogP contribution in [0.3, 0.4) is 0 Å². The van der Waals surface area contributed by atoms with Crippen LogP contribution in [0.4, 0.5) is 11.4 Å². The van der Waals surface area contributed by atoms with Crippen molar-refractivity contribution >= 4 is 21.5 Å². The Morgan fingerprint density at radius 1 is 0.842 bits per heavy atom. The van der Waals surface area contributed by atoms with Crippen LogP contribution in [-0.4, -0.2) is 27.8 Å². The predicted octanol–water partition coefficient (Wildman–Crippen LogP) is 5.57. The molecule has 0 spiro atoms. The summed E-state index contributed by atoms with van der Waals surface area (Å²) in [6.07, 6.45) is 0. The van der Waals surface area contributed by atoms with E-state index in [2.05, 4.69) is 10.2 Å². The smallest absolute Gasteiger partial charge is 0.281 e. The lowest BCUT2D eigenvalue weighted by Crippen LogP contribution is -2.22. The van der Waals surface area contributed by atoms with Gasteiger partial charge in [0.1, 0.15) is 11.5 Å². The van der Waals surface area contributed by atoms with E-state index in [9.17, 15) is 28.0 Å². The molecule has 10 heteroatoms. The second-order valence-corrected chi connectivity index (χ2v) is 10.2. The number of pyridine rings is 1. The molecule has 0 aliphatic rings. The largest absolute Gasteiger partial charge is 0.508 e. The summed E-state index contributed by atoms with van der Waals surface area (Å²) in [6, 6.07) is 24.3. The zero-order valence-corrected chi connectivity index (χ0v) is 21.6. The Balaban J connectivity index is 1.71. The highest BCUT2D eigenvalue weighted by Crippen LogP contribution is 2.34. The molecule has 0 aliphatic carbocycles. The van der Waals surface area contributed by atoms with Gasteiger partial charge in [-0.2, -0.15) is 13.5 Å². The molecule has 1 heterocycles. The van der Waals surface area contributed by atoms with Crippen molar-refractivity contribution in [2.45, 2.75) is 32.1 Å². The summed E-state index contributed by atoms with van der Waals surface area (Å²) in [4.78, 5) is 12.9. The van der Waals surface area contributed by atoms with Crippen molar-refractivity contribution in [3.8, 4) is 11.6 Å². The van der Waals surface area contributed by atoms with E-state index in [0.717, 1.165) is 21.3 Å². The van der Waals surface area contributed by atoms with Crippen molar-refractivity contribution in [2.75, 3.05) is 0 Å². The molecular weight excluding hydrogens is 506 g/mol. The van der Waals surface area contributed by atoms with Crippen LogP contribution in [0.2, 0.25) is 0 Å². The standard InChI is InChI=1S/C28H27N3O6S/c1-3-31-27(33)24(17-38(35,36)37)18(2)26(28(31)34)30-29-22-13-9-20(10-14-22)25(19-7-5-4-6-8-19)21-11-15-23(32)16-12-21/h4-16,25,32-33H,3,17H2,1-2H3,(H,35,36,37). The van der Waals surface area contributed by atoms with Gasteiger partial charge in [-0.1, -0.05) is 54.6 Å². The van der Waals surface area contributed by atoms with E-state index in [1.807, 2.05) is 54.6 Å². The third kappa shape index (κ3) is 5.82. The molecule has 0 bridgehead atoms. The summed E-state index contributed by atoms with van der Waals surface area (Å²) >= 11 is 0. The number of aromatic hydroxyl groups is 2. The van der Waals surface area contributed by atoms with Crippen LogP contribution >= 0.6 is 0 Å². The summed E-state index contributed by atoms with van der Waals surface area (Å²) in [6.45, 7) is 3.13. The number of azo groups is 1. The Kier molecular flexibility index (Phi) is 7.75. The molecule has 38 heavy (non-hydrogen) atoms. The average Bonchev–Trinajstić information content (AvgIpc) is 2.89. The summed E-state index contributed by atoms with van der Waals surface area (Å²) in [5.41, 5.74) is 2.75. The van der Waals surface area contributed by atoms with Crippen LogP contribution in [-0.2, 0) is 22.4 Å². The average molecular weight is 534 g/mol. The minimum absolute atomic E-state index is 0.0682. The number of nitrogens with zero attached hydrogens (tertiary/aromatic N) is 3. The highest BCUT2D eigenvalue weighted by molar-refractivity contribution is 7.85. The Bertz CT molecular complexity index is 1630. The van der Waals surface area contributed by atoms with Crippen molar-refractivity contribution in [3.05, 3.63) is 117 Å². The lowest BCUT2D eigenvalue weighted by molar-refractivity contribution is 0.403. The van der Waals surface area contributed by atoms with Crippen LogP contribution in [0.15, 0.2) is 93.9 Å². The van der Waals surface area contributed by atoms with Crippen LogP contribution in [0.25, 0.3) is 0 Å². The Hall–Kier alpha value is -4.28. The molecule has 0 radical (unpaired) electrons. The molecule has 1 unspecified atom stereocenters. The maximum Gasteiger partial charge on any atom is 0.281 e. The first-order valence-corrected chi connectivity index (χ1v) is 13.5. The number of hydrogen-bond donors (Lipinski definition) is 3. The molecule has 4 rings (SSSR count). The Morgan fingerprint density at radius 3 is 1.95 bits per heavy atom. The lowest BCUT2D eigenvalue weighted by Gasteiger charge is -2.19. The molecule has 0 aliphatic heterocycles. The third-order valence-electron chi connectivity index (χ3n) is 6.28. The van der Waals surface area contributed by atoms with Crippen LogP contribution in [0.5, 0.6) is 11.6 Å². The number of phenolic OH excluding ortho intramolecular Hbond substituents is 1. The molecule has 3 aromatic carbocycles. The van der Waals surface area contributed by atoms with Gasteiger partial charge in [-0.15, -0.1) is 5.11 Å². The van der Waals surface area contributed by atoms with E-state index in [1.54, 1.807) is 31.2 Å². The van der Waals surface area contributed by atoms with Gasteiger partial charge in [0.05, 0.1) is 5.69 Å². The van der Waals surface area contributed by atoms with E-state index in [0.29, 0.717) is 5.69 Å². The minimum Gasteiger partial charge on any atom is -0.508 e. The minimum atomic E-state index is -4.47. The number of hydrogen-bond acceptors (Lipinski definition) is 7. The lowest BCUT2D eigenvalue weighted by atomic mass is 9.85. The molecule has 0 saturated carbocycles. The fourth-order valence-corrected chi connectivity index (χ4v) is 5.07. The van der Waals surface area contributed by atoms with Crippen LogP contribution in [0, 0.1) is 6.92 Å². The van der Waals surface area contributed by atoms with E-state index < -0.39 is 27.3 Å². The molecular formula is C28H27N3O6S.